The van der Waals surface area contributed by atoms with Crippen LogP contribution in [0.15, 0.2) is 17.6 Å². The van der Waals surface area contributed by atoms with Crippen molar-refractivity contribution in [3.8, 4) is 0 Å². The van der Waals surface area contributed by atoms with Gasteiger partial charge in [-0.2, -0.15) is 0 Å². The molecule has 0 saturated heterocycles. The maximum absolute atomic E-state index is 10.4. The van der Waals surface area contributed by atoms with Crippen LogP contribution in [0, 0.1) is 0 Å². The molecule has 5 heteroatoms. The van der Waals surface area contributed by atoms with Crippen LogP contribution in [0.2, 0.25) is 0 Å². The molecule has 13 heavy (non-hydrogen) atoms. The van der Waals surface area contributed by atoms with E-state index < -0.39 is 5.97 Å². The van der Waals surface area contributed by atoms with E-state index in [1.54, 1.807) is 0 Å². The lowest BCUT2D eigenvalue weighted by Gasteiger charge is -1.97. The van der Waals surface area contributed by atoms with Crippen molar-refractivity contribution in [1.82, 2.24) is 9.97 Å². The number of nitrogens with zero attached hydrogens (tertiary/aromatic N) is 2. The number of thioether (sulfide) groups is 1. The molecule has 0 atom stereocenters. The van der Waals surface area contributed by atoms with Crippen molar-refractivity contribution in [2.24, 2.45) is 0 Å². The summed E-state index contributed by atoms with van der Waals surface area (Å²) in [5, 5.41) is 9.20. The predicted octanol–water partition coefficient (Wildman–Crippen LogP) is 1.68. The summed E-state index contributed by atoms with van der Waals surface area (Å²) in [7, 11) is 0. The number of hydrogen-bond acceptors (Lipinski definition) is 4. The Labute approximate surface area is 80.4 Å². The Kier molecular flexibility index (Phi) is 3.70. The summed E-state index contributed by atoms with van der Waals surface area (Å²) >= 11 is 1.53. The van der Waals surface area contributed by atoms with Gasteiger partial charge in [-0.1, -0.05) is 18.7 Å². The Morgan fingerprint density at radius 2 is 2.15 bits per heavy atom. The largest absolute Gasteiger partial charge is 0.478 e. The van der Waals surface area contributed by atoms with Gasteiger partial charge in [0, 0.05) is 18.1 Å². The third-order valence-corrected chi connectivity index (χ3v) is 2.39. The number of rotatable bonds is 4. The van der Waals surface area contributed by atoms with Crippen molar-refractivity contribution >= 4 is 17.7 Å². The quantitative estimate of drug-likeness (QED) is 0.589. The molecule has 0 fully saturated rings. The Morgan fingerprint density at radius 1 is 1.54 bits per heavy atom. The molecule has 1 heterocycles. The van der Waals surface area contributed by atoms with Gasteiger partial charge in [-0.05, 0) is 6.42 Å². The molecule has 0 radical (unpaired) electrons. The van der Waals surface area contributed by atoms with Gasteiger partial charge in [-0.3, -0.25) is 0 Å². The van der Waals surface area contributed by atoms with Crippen LogP contribution in [0.3, 0.4) is 0 Å². The molecule has 4 nitrogen and oxygen atoms in total. The van der Waals surface area contributed by atoms with Gasteiger partial charge >= 0.3 is 5.97 Å². The van der Waals surface area contributed by atoms with Crippen LogP contribution in [0.25, 0.3) is 0 Å². The molecule has 0 saturated carbocycles. The fourth-order valence-corrected chi connectivity index (χ4v) is 1.34. The molecule has 0 unspecified atom stereocenters. The van der Waals surface area contributed by atoms with Gasteiger partial charge in [0.15, 0.2) is 5.16 Å². The summed E-state index contributed by atoms with van der Waals surface area (Å²) < 4.78 is 0. The molecule has 0 aliphatic rings. The second kappa shape index (κ2) is 4.81. The zero-order valence-corrected chi connectivity index (χ0v) is 8.04. The van der Waals surface area contributed by atoms with Crippen LogP contribution in [-0.2, 0) is 0 Å². The van der Waals surface area contributed by atoms with Crippen LogP contribution in [0.4, 0.5) is 0 Å². The molecule has 0 aliphatic heterocycles. The first-order chi connectivity index (χ1) is 6.24. The van der Waals surface area contributed by atoms with Crippen molar-refractivity contribution < 1.29 is 9.90 Å². The molecular formula is C8H10N2O2S. The average molecular weight is 198 g/mol. The van der Waals surface area contributed by atoms with E-state index in [1.807, 2.05) is 0 Å². The second-order valence-corrected chi connectivity index (χ2v) is 3.47. The Balaban J connectivity index is 2.64. The van der Waals surface area contributed by atoms with E-state index in [1.165, 1.54) is 24.2 Å². The van der Waals surface area contributed by atoms with E-state index in [0.717, 1.165) is 12.2 Å². The fourth-order valence-electron chi connectivity index (χ4n) is 0.695. The lowest BCUT2D eigenvalue weighted by Crippen LogP contribution is -1.99. The lowest BCUT2D eigenvalue weighted by atomic mass is 10.4. The van der Waals surface area contributed by atoms with Crippen molar-refractivity contribution in [1.29, 1.82) is 0 Å². The van der Waals surface area contributed by atoms with Crippen molar-refractivity contribution in [2.45, 2.75) is 18.5 Å². The number of hydrogen-bond donors (Lipinski definition) is 1. The molecule has 0 amide bonds. The van der Waals surface area contributed by atoms with Crippen LogP contribution in [0.1, 0.15) is 23.7 Å². The molecule has 70 valence electrons. The molecule has 0 aromatic carbocycles. The van der Waals surface area contributed by atoms with Crippen molar-refractivity contribution in [3.05, 3.63) is 18.0 Å². The first-order valence-electron chi connectivity index (χ1n) is 3.92. The standard InChI is InChI=1S/C8H10N2O2S/c1-2-3-13-8-9-4-6(5-10-8)7(11)12/h4-5H,2-3H2,1H3,(H,11,12). The van der Waals surface area contributed by atoms with E-state index in [9.17, 15) is 4.79 Å². The highest BCUT2D eigenvalue weighted by atomic mass is 32.2. The maximum Gasteiger partial charge on any atom is 0.338 e. The van der Waals surface area contributed by atoms with Gasteiger partial charge in [-0.25, -0.2) is 14.8 Å². The SMILES string of the molecule is CCCSc1ncc(C(=O)O)cn1. The number of carbonyl (C=O) groups is 1. The number of aromatic nitrogens is 2. The number of aromatic carboxylic acids is 1. The van der Waals surface area contributed by atoms with Crippen molar-refractivity contribution in [2.75, 3.05) is 5.75 Å². The Hall–Kier alpha value is -1.10. The maximum atomic E-state index is 10.4. The third kappa shape index (κ3) is 3.02. The van der Waals surface area contributed by atoms with E-state index >= 15 is 0 Å². The average Bonchev–Trinajstić information content (AvgIpc) is 2.15. The zero-order chi connectivity index (χ0) is 9.68. The normalized spacial score (nSPS) is 9.92. The van der Waals surface area contributed by atoms with Gasteiger partial charge in [0.1, 0.15) is 0 Å². The highest BCUT2D eigenvalue weighted by molar-refractivity contribution is 7.99. The summed E-state index contributed by atoms with van der Waals surface area (Å²) in [5.74, 6) is -0.0427. The van der Waals surface area contributed by atoms with E-state index in [0.29, 0.717) is 5.16 Å². The summed E-state index contributed by atoms with van der Waals surface area (Å²) in [6, 6.07) is 0. The number of carboxylic acids is 1. The second-order valence-electron chi connectivity index (χ2n) is 2.41. The van der Waals surface area contributed by atoms with Gasteiger partial charge < -0.3 is 5.11 Å². The lowest BCUT2D eigenvalue weighted by molar-refractivity contribution is 0.0695. The van der Waals surface area contributed by atoms with Crippen molar-refractivity contribution in [3.63, 3.8) is 0 Å². The van der Waals surface area contributed by atoms with E-state index in [2.05, 4.69) is 16.9 Å². The molecule has 1 rings (SSSR count). The molecule has 0 bridgehead atoms. The molecule has 1 N–H and O–H groups in total. The van der Waals surface area contributed by atoms with Crippen LogP contribution in [-0.4, -0.2) is 26.8 Å². The van der Waals surface area contributed by atoms with E-state index in [4.69, 9.17) is 5.11 Å². The van der Waals surface area contributed by atoms with Crippen LogP contribution in [0.5, 0.6) is 0 Å². The molecule has 1 aromatic rings. The Morgan fingerprint density at radius 3 is 2.62 bits per heavy atom. The van der Waals surface area contributed by atoms with Crippen LogP contribution >= 0.6 is 11.8 Å². The smallest absolute Gasteiger partial charge is 0.338 e. The molecule has 1 aromatic heterocycles. The summed E-state index contributed by atoms with van der Waals surface area (Å²) in [6.45, 7) is 2.07. The van der Waals surface area contributed by atoms with Gasteiger partial charge in [-0.15, -0.1) is 0 Å². The highest BCUT2D eigenvalue weighted by Crippen LogP contribution is 2.12. The minimum absolute atomic E-state index is 0.126. The minimum atomic E-state index is -0.993. The first kappa shape index (κ1) is 9.98. The zero-order valence-electron chi connectivity index (χ0n) is 7.23. The number of carboxylic acid groups (broad SMARTS) is 1. The van der Waals surface area contributed by atoms with Gasteiger partial charge in [0.2, 0.25) is 0 Å². The predicted molar refractivity (Wildman–Crippen MR) is 50.0 cm³/mol. The molecular weight excluding hydrogens is 188 g/mol. The Bertz CT molecular complexity index is 287. The first-order valence-corrected chi connectivity index (χ1v) is 4.90. The monoisotopic (exact) mass is 198 g/mol. The summed E-state index contributed by atoms with van der Waals surface area (Å²) in [4.78, 5) is 18.3. The summed E-state index contributed by atoms with van der Waals surface area (Å²) in [5.41, 5.74) is 0.126. The third-order valence-electron chi connectivity index (χ3n) is 1.31. The van der Waals surface area contributed by atoms with Gasteiger partial charge in [0.25, 0.3) is 0 Å². The molecule has 0 aliphatic carbocycles. The van der Waals surface area contributed by atoms with E-state index in [-0.39, 0.29) is 5.56 Å². The summed E-state index contributed by atoms with van der Waals surface area (Å²) in [6.07, 6.45) is 3.70. The van der Waals surface area contributed by atoms with Crippen LogP contribution < -0.4 is 0 Å². The van der Waals surface area contributed by atoms with Gasteiger partial charge in [0.05, 0.1) is 5.56 Å². The molecule has 0 spiro atoms. The topological polar surface area (TPSA) is 63.1 Å². The highest BCUT2D eigenvalue weighted by Gasteiger charge is 2.03. The fraction of sp³-hybridized carbons (Fsp3) is 0.375. The minimum Gasteiger partial charge on any atom is -0.478 e.